The maximum Gasteiger partial charge on any atom is 0.255 e. The highest BCUT2D eigenvalue weighted by Gasteiger charge is 2.21. The van der Waals surface area contributed by atoms with Crippen LogP contribution in [-0.4, -0.2) is 25.8 Å². The van der Waals surface area contributed by atoms with Crippen LogP contribution in [0.5, 0.6) is 0 Å². The number of nitrogens with zero attached hydrogens (tertiary/aromatic N) is 5. The third-order valence-electron chi connectivity index (χ3n) is 5.47. The van der Waals surface area contributed by atoms with Crippen LogP contribution in [0.25, 0.3) is 11.4 Å². The number of nitrogen functional groups attached to an aromatic ring is 1. The van der Waals surface area contributed by atoms with Gasteiger partial charge in [-0.3, -0.25) is 4.79 Å². The van der Waals surface area contributed by atoms with Crippen LogP contribution in [0, 0.1) is 18.3 Å². The summed E-state index contributed by atoms with van der Waals surface area (Å²) >= 11 is 0. The highest BCUT2D eigenvalue weighted by atomic mass is 16.1. The second-order valence-corrected chi connectivity index (χ2v) is 8.52. The van der Waals surface area contributed by atoms with Gasteiger partial charge in [-0.15, -0.1) is 0 Å². The zero-order valence-electron chi connectivity index (χ0n) is 19.6. The molecule has 0 aliphatic heterocycles. The molecule has 9 nitrogen and oxygen atoms in total. The van der Waals surface area contributed by atoms with Crippen molar-refractivity contribution in [2.45, 2.75) is 26.2 Å². The summed E-state index contributed by atoms with van der Waals surface area (Å²) in [4.78, 5) is 29.7. The molecular weight excluding hydrogens is 440 g/mol. The Morgan fingerprint density at radius 3 is 2.57 bits per heavy atom. The molecule has 0 bridgehead atoms. The van der Waals surface area contributed by atoms with E-state index in [-0.39, 0.29) is 11.9 Å². The van der Waals surface area contributed by atoms with Crippen molar-refractivity contribution in [3.8, 4) is 17.5 Å². The van der Waals surface area contributed by atoms with Crippen molar-refractivity contribution in [1.82, 2.24) is 19.9 Å². The predicted octanol–water partition coefficient (Wildman–Crippen LogP) is 4.62. The molecule has 4 rings (SSSR count). The fraction of sp³-hybridized carbons (Fsp3) is 0.154. The second-order valence-electron chi connectivity index (χ2n) is 8.52. The van der Waals surface area contributed by atoms with E-state index < -0.39 is 5.41 Å². The van der Waals surface area contributed by atoms with Crippen molar-refractivity contribution in [1.29, 1.82) is 5.26 Å². The molecule has 1 amide bonds. The maximum absolute atomic E-state index is 12.9. The van der Waals surface area contributed by atoms with Crippen LogP contribution in [0.1, 0.15) is 35.3 Å². The van der Waals surface area contributed by atoms with Gasteiger partial charge in [-0.05, 0) is 62.2 Å². The fourth-order valence-corrected chi connectivity index (χ4v) is 3.31. The summed E-state index contributed by atoms with van der Waals surface area (Å²) in [6.45, 7) is 5.60. The zero-order valence-corrected chi connectivity index (χ0v) is 19.6. The molecule has 0 atom stereocenters. The number of aromatic nitrogens is 4. The van der Waals surface area contributed by atoms with Crippen LogP contribution in [0.2, 0.25) is 0 Å². The van der Waals surface area contributed by atoms with E-state index in [0.717, 1.165) is 16.8 Å². The first-order valence-electron chi connectivity index (χ1n) is 10.9. The van der Waals surface area contributed by atoms with Gasteiger partial charge in [0.05, 0.1) is 17.0 Å². The topological polar surface area (TPSA) is 142 Å². The Morgan fingerprint density at radius 1 is 1.06 bits per heavy atom. The molecule has 2 aromatic carbocycles. The van der Waals surface area contributed by atoms with Crippen LogP contribution in [0.4, 0.5) is 23.1 Å². The Morgan fingerprint density at radius 2 is 1.83 bits per heavy atom. The molecule has 0 aliphatic rings. The van der Waals surface area contributed by atoms with Gasteiger partial charge in [0.2, 0.25) is 5.95 Å². The molecule has 2 heterocycles. The number of aryl methyl sites for hydroxylation is 1. The lowest BCUT2D eigenvalue weighted by Gasteiger charge is -2.17. The molecule has 0 saturated carbocycles. The lowest BCUT2D eigenvalue weighted by atomic mass is 9.85. The largest absolute Gasteiger partial charge is 0.368 e. The molecule has 35 heavy (non-hydrogen) atoms. The molecule has 4 N–H and O–H groups in total. The summed E-state index contributed by atoms with van der Waals surface area (Å²) in [5, 5.41) is 15.6. The Balaban J connectivity index is 1.54. The number of amides is 1. The van der Waals surface area contributed by atoms with Crippen molar-refractivity contribution >= 4 is 29.0 Å². The van der Waals surface area contributed by atoms with Crippen LogP contribution in [0.3, 0.4) is 0 Å². The van der Waals surface area contributed by atoms with Crippen LogP contribution in [0.15, 0.2) is 67.1 Å². The van der Waals surface area contributed by atoms with Gasteiger partial charge >= 0.3 is 0 Å². The van der Waals surface area contributed by atoms with Crippen LogP contribution in [-0.2, 0) is 5.41 Å². The minimum absolute atomic E-state index is 0.179. The number of anilines is 4. The summed E-state index contributed by atoms with van der Waals surface area (Å²) in [5.41, 5.74) is 9.13. The molecule has 0 aliphatic carbocycles. The number of hydrogen-bond acceptors (Lipinski definition) is 8. The van der Waals surface area contributed by atoms with Gasteiger partial charge < -0.3 is 16.4 Å². The normalized spacial score (nSPS) is 10.9. The van der Waals surface area contributed by atoms with Gasteiger partial charge in [-0.25, -0.2) is 19.9 Å². The van der Waals surface area contributed by atoms with E-state index in [1.54, 1.807) is 42.9 Å². The van der Waals surface area contributed by atoms with Crippen molar-refractivity contribution in [2.24, 2.45) is 0 Å². The predicted molar refractivity (Wildman–Crippen MR) is 135 cm³/mol. The fourth-order valence-electron chi connectivity index (χ4n) is 3.31. The average molecular weight is 465 g/mol. The summed E-state index contributed by atoms with van der Waals surface area (Å²) in [5.74, 6) is 0.947. The lowest BCUT2D eigenvalue weighted by Crippen LogP contribution is -2.17. The van der Waals surface area contributed by atoms with E-state index in [0.29, 0.717) is 28.5 Å². The lowest BCUT2D eigenvalue weighted by molar-refractivity contribution is 0.102. The van der Waals surface area contributed by atoms with Gasteiger partial charge in [0.15, 0.2) is 5.82 Å². The van der Waals surface area contributed by atoms with E-state index in [4.69, 9.17) is 5.73 Å². The number of nitrogens with two attached hydrogens (primary N) is 1. The number of carbonyl (C=O) groups is 1. The van der Waals surface area contributed by atoms with Gasteiger partial charge in [-0.2, -0.15) is 5.26 Å². The SMILES string of the molecule is Cc1ccc(NC(=O)c2cccc(C(C)(C)C#N)c2)cc1Nc1ccnc(-c2cnc(N)nc2)n1. The Hall–Kier alpha value is -4.84. The van der Waals surface area contributed by atoms with Crippen molar-refractivity contribution in [3.05, 3.63) is 83.8 Å². The van der Waals surface area contributed by atoms with Gasteiger partial charge in [0.25, 0.3) is 5.91 Å². The number of hydrogen-bond donors (Lipinski definition) is 3. The molecule has 0 saturated heterocycles. The number of nitrogens with one attached hydrogen (secondary N) is 2. The summed E-state index contributed by atoms with van der Waals surface area (Å²) in [6.07, 6.45) is 4.77. The summed E-state index contributed by atoms with van der Waals surface area (Å²) in [7, 11) is 0. The molecule has 0 spiro atoms. The number of nitriles is 1. The third kappa shape index (κ3) is 5.39. The minimum atomic E-state index is -0.688. The number of carbonyl (C=O) groups excluding carboxylic acids is 1. The highest BCUT2D eigenvalue weighted by molar-refractivity contribution is 6.04. The van der Waals surface area contributed by atoms with Crippen molar-refractivity contribution in [3.63, 3.8) is 0 Å². The van der Waals surface area contributed by atoms with E-state index >= 15 is 0 Å². The zero-order chi connectivity index (χ0) is 25.0. The summed E-state index contributed by atoms with van der Waals surface area (Å²) in [6, 6.07) is 16.7. The Bertz CT molecular complexity index is 1420. The van der Waals surface area contributed by atoms with Crippen molar-refractivity contribution < 1.29 is 4.79 Å². The number of benzene rings is 2. The molecule has 0 unspecified atom stereocenters. The van der Waals surface area contributed by atoms with Crippen molar-refractivity contribution in [2.75, 3.05) is 16.4 Å². The summed E-state index contributed by atoms with van der Waals surface area (Å²) < 4.78 is 0. The number of rotatable bonds is 6. The third-order valence-corrected chi connectivity index (χ3v) is 5.47. The second kappa shape index (κ2) is 9.57. The van der Waals surface area contributed by atoms with Crippen LogP contribution >= 0.6 is 0 Å². The van der Waals surface area contributed by atoms with E-state index in [9.17, 15) is 10.1 Å². The Labute approximate surface area is 203 Å². The first-order valence-corrected chi connectivity index (χ1v) is 10.9. The molecule has 4 aromatic rings. The molecule has 9 heteroatoms. The average Bonchev–Trinajstić information content (AvgIpc) is 2.87. The minimum Gasteiger partial charge on any atom is -0.368 e. The van der Waals surface area contributed by atoms with Gasteiger partial charge in [0, 0.05) is 35.5 Å². The standard InChI is InChI=1S/C26H24N8O/c1-16-7-8-20(32-24(35)17-5-4-6-19(11-17)26(2,3)15-27)12-21(16)33-22-9-10-29-23(34-22)18-13-30-25(28)31-14-18/h4-14H,1-3H3,(H,32,35)(H2,28,30,31)(H,29,33,34). The maximum atomic E-state index is 12.9. The monoisotopic (exact) mass is 464 g/mol. The quantitative estimate of drug-likeness (QED) is 0.375. The van der Waals surface area contributed by atoms with E-state index in [1.807, 2.05) is 45.0 Å². The highest BCUT2D eigenvalue weighted by Crippen LogP contribution is 2.26. The molecule has 0 fully saturated rings. The smallest absolute Gasteiger partial charge is 0.255 e. The first-order chi connectivity index (χ1) is 16.7. The van der Waals surface area contributed by atoms with Crippen LogP contribution < -0.4 is 16.4 Å². The van der Waals surface area contributed by atoms with E-state index in [1.165, 1.54) is 0 Å². The Kier molecular flexibility index (Phi) is 6.38. The van der Waals surface area contributed by atoms with Gasteiger partial charge in [0.1, 0.15) is 5.82 Å². The van der Waals surface area contributed by atoms with E-state index in [2.05, 4.69) is 36.6 Å². The first kappa shape index (κ1) is 23.3. The molecule has 2 aromatic heterocycles. The molecule has 0 radical (unpaired) electrons. The molecule has 174 valence electrons. The molecular formula is C26H24N8O. The van der Waals surface area contributed by atoms with Gasteiger partial charge in [-0.1, -0.05) is 18.2 Å².